The lowest BCUT2D eigenvalue weighted by molar-refractivity contribution is -0.160. The van der Waals surface area contributed by atoms with Gasteiger partial charge in [0.05, 0.1) is 21.5 Å². The van der Waals surface area contributed by atoms with Crippen molar-refractivity contribution in [1.29, 1.82) is 0 Å². The number of piperidine rings is 1. The summed E-state index contributed by atoms with van der Waals surface area (Å²) in [5, 5.41) is 9.90. The summed E-state index contributed by atoms with van der Waals surface area (Å²) in [5.74, 6) is -0.975. The molecule has 1 aliphatic carbocycles. The van der Waals surface area contributed by atoms with Crippen molar-refractivity contribution in [2.75, 3.05) is 18.0 Å². The molecule has 0 bridgehead atoms. The summed E-state index contributed by atoms with van der Waals surface area (Å²) < 4.78 is 6.84. The Hall–Kier alpha value is -1.14. The Morgan fingerprint density at radius 3 is 2.23 bits per heavy atom. The summed E-state index contributed by atoms with van der Waals surface area (Å²) in [4.78, 5) is 19.0. The van der Waals surface area contributed by atoms with E-state index in [-0.39, 0.29) is 0 Å². The SMILES string of the molecule is Cc1nc(C)c(C(OC(C)(C)C)C(=O)O)c(N2CCC3(CC2)CC3)c1Br. The van der Waals surface area contributed by atoms with Crippen molar-refractivity contribution in [2.24, 2.45) is 5.41 Å². The predicted octanol–water partition coefficient (Wildman–Crippen LogP) is 4.78. The second kappa shape index (κ2) is 6.79. The van der Waals surface area contributed by atoms with Crippen molar-refractivity contribution >= 4 is 27.6 Å². The van der Waals surface area contributed by atoms with E-state index < -0.39 is 17.7 Å². The van der Waals surface area contributed by atoms with E-state index in [1.165, 1.54) is 25.7 Å². The molecule has 1 saturated heterocycles. The molecule has 144 valence electrons. The molecule has 6 heteroatoms. The molecule has 0 aromatic carbocycles. The van der Waals surface area contributed by atoms with Gasteiger partial charge in [-0.25, -0.2) is 4.79 Å². The first kappa shape index (κ1) is 19.6. The van der Waals surface area contributed by atoms with E-state index in [2.05, 4.69) is 25.8 Å². The fourth-order valence-corrected chi connectivity index (χ4v) is 4.47. The molecule has 1 saturated carbocycles. The molecular weight excluding hydrogens is 396 g/mol. The predicted molar refractivity (Wildman–Crippen MR) is 106 cm³/mol. The number of anilines is 1. The summed E-state index contributed by atoms with van der Waals surface area (Å²) in [5.41, 5.74) is 3.23. The number of nitrogens with zero attached hydrogens (tertiary/aromatic N) is 2. The number of aromatic nitrogens is 1. The largest absolute Gasteiger partial charge is 0.479 e. The topological polar surface area (TPSA) is 62.7 Å². The van der Waals surface area contributed by atoms with E-state index in [0.29, 0.717) is 11.0 Å². The number of aliphatic carboxylic acids is 1. The molecule has 1 N–H and O–H groups in total. The van der Waals surface area contributed by atoms with Crippen molar-refractivity contribution in [1.82, 2.24) is 4.98 Å². The van der Waals surface area contributed by atoms with Gasteiger partial charge in [-0.2, -0.15) is 0 Å². The van der Waals surface area contributed by atoms with Crippen LogP contribution in [0.1, 0.15) is 69.5 Å². The summed E-state index contributed by atoms with van der Waals surface area (Å²) in [6.07, 6.45) is 4.00. The van der Waals surface area contributed by atoms with Crippen LogP contribution in [0.25, 0.3) is 0 Å². The van der Waals surface area contributed by atoms with Crippen LogP contribution in [0.2, 0.25) is 0 Å². The third-order valence-corrected chi connectivity index (χ3v) is 6.51. The minimum atomic E-state index is -1.04. The van der Waals surface area contributed by atoms with E-state index in [0.717, 1.165) is 34.6 Å². The number of carboxylic acid groups (broad SMARTS) is 1. The molecule has 2 fully saturated rings. The van der Waals surface area contributed by atoms with E-state index in [1.807, 2.05) is 34.6 Å². The Kier molecular flexibility index (Phi) is 5.12. The molecule has 26 heavy (non-hydrogen) atoms. The third-order valence-electron chi connectivity index (χ3n) is 5.56. The van der Waals surface area contributed by atoms with E-state index >= 15 is 0 Å². The van der Waals surface area contributed by atoms with Gasteiger partial charge in [-0.3, -0.25) is 4.98 Å². The number of carboxylic acids is 1. The third kappa shape index (κ3) is 3.91. The minimum absolute atomic E-state index is 0.564. The van der Waals surface area contributed by atoms with Gasteiger partial charge in [0.15, 0.2) is 6.10 Å². The van der Waals surface area contributed by atoms with Crippen LogP contribution in [-0.2, 0) is 9.53 Å². The summed E-state index contributed by atoms with van der Waals surface area (Å²) in [6, 6.07) is 0. The first-order valence-electron chi connectivity index (χ1n) is 9.35. The Bertz CT molecular complexity index is 713. The number of carbonyl (C=O) groups is 1. The van der Waals surface area contributed by atoms with Crippen molar-refractivity contribution < 1.29 is 14.6 Å². The zero-order chi connectivity index (χ0) is 19.3. The second-order valence-corrected chi connectivity index (χ2v) is 9.59. The van der Waals surface area contributed by atoms with Gasteiger partial charge in [0.1, 0.15) is 0 Å². The van der Waals surface area contributed by atoms with Crippen molar-refractivity contribution in [3.05, 3.63) is 21.4 Å². The number of aryl methyl sites for hydroxylation is 2. The maximum atomic E-state index is 12.1. The lowest BCUT2D eigenvalue weighted by Crippen LogP contribution is -2.37. The van der Waals surface area contributed by atoms with Crippen LogP contribution in [0, 0.1) is 19.3 Å². The molecule has 5 nitrogen and oxygen atoms in total. The molecule has 1 aliphatic heterocycles. The zero-order valence-electron chi connectivity index (χ0n) is 16.4. The highest BCUT2D eigenvalue weighted by molar-refractivity contribution is 9.10. The minimum Gasteiger partial charge on any atom is -0.479 e. The lowest BCUT2D eigenvalue weighted by atomic mass is 9.92. The first-order valence-corrected chi connectivity index (χ1v) is 10.1. The second-order valence-electron chi connectivity index (χ2n) is 8.79. The molecule has 1 spiro atoms. The van der Waals surface area contributed by atoms with E-state index in [9.17, 15) is 9.90 Å². The Morgan fingerprint density at radius 1 is 1.19 bits per heavy atom. The molecule has 1 aromatic rings. The summed E-state index contributed by atoms with van der Waals surface area (Å²) in [7, 11) is 0. The molecule has 2 heterocycles. The average molecular weight is 425 g/mol. The normalized spacial score (nSPS) is 20.3. The monoisotopic (exact) mass is 424 g/mol. The summed E-state index contributed by atoms with van der Waals surface area (Å²) >= 11 is 3.69. The fraction of sp³-hybridized carbons (Fsp3) is 0.700. The average Bonchev–Trinajstić information content (AvgIpc) is 3.28. The highest BCUT2D eigenvalue weighted by atomic mass is 79.9. The number of hydrogen-bond acceptors (Lipinski definition) is 4. The highest BCUT2D eigenvalue weighted by Crippen LogP contribution is 2.54. The number of halogens is 1. The maximum absolute atomic E-state index is 12.1. The molecule has 2 aliphatic rings. The lowest BCUT2D eigenvalue weighted by Gasteiger charge is -2.37. The van der Waals surface area contributed by atoms with Gasteiger partial charge < -0.3 is 14.7 Å². The van der Waals surface area contributed by atoms with Crippen LogP contribution in [0.4, 0.5) is 5.69 Å². The zero-order valence-corrected chi connectivity index (χ0v) is 17.9. The maximum Gasteiger partial charge on any atom is 0.337 e. The van der Waals surface area contributed by atoms with Crippen LogP contribution in [0.3, 0.4) is 0 Å². The van der Waals surface area contributed by atoms with Crippen LogP contribution in [0.15, 0.2) is 4.47 Å². The van der Waals surface area contributed by atoms with E-state index in [1.54, 1.807) is 0 Å². The van der Waals surface area contributed by atoms with Gasteiger partial charge >= 0.3 is 5.97 Å². The van der Waals surface area contributed by atoms with Crippen molar-refractivity contribution in [3.8, 4) is 0 Å². The van der Waals surface area contributed by atoms with Gasteiger partial charge in [-0.15, -0.1) is 0 Å². The Labute approximate surface area is 164 Å². The molecule has 0 radical (unpaired) electrons. The van der Waals surface area contributed by atoms with Gasteiger partial charge in [-0.1, -0.05) is 0 Å². The molecule has 1 unspecified atom stereocenters. The quantitative estimate of drug-likeness (QED) is 0.752. The van der Waals surface area contributed by atoms with Gasteiger partial charge in [0.25, 0.3) is 0 Å². The Morgan fingerprint density at radius 2 is 1.77 bits per heavy atom. The molecule has 1 atom stereocenters. The fourth-order valence-electron chi connectivity index (χ4n) is 3.91. The van der Waals surface area contributed by atoms with Gasteiger partial charge in [-0.05, 0) is 81.6 Å². The van der Waals surface area contributed by atoms with Crippen LogP contribution < -0.4 is 4.90 Å². The Balaban J connectivity index is 2.05. The number of hydrogen-bond donors (Lipinski definition) is 1. The van der Waals surface area contributed by atoms with Crippen molar-refractivity contribution in [2.45, 2.75) is 72.0 Å². The molecular formula is C20H29BrN2O3. The number of pyridine rings is 1. The molecule has 1 aromatic heterocycles. The van der Waals surface area contributed by atoms with Crippen LogP contribution >= 0.6 is 15.9 Å². The van der Waals surface area contributed by atoms with Crippen LogP contribution in [-0.4, -0.2) is 34.8 Å². The van der Waals surface area contributed by atoms with Crippen molar-refractivity contribution in [3.63, 3.8) is 0 Å². The molecule has 0 amide bonds. The molecule has 3 rings (SSSR count). The smallest absolute Gasteiger partial charge is 0.337 e. The number of ether oxygens (including phenoxy) is 1. The van der Waals surface area contributed by atoms with Gasteiger partial charge in [0, 0.05) is 24.3 Å². The first-order chi connectivity index (χ1) is 12.0. The standard InChI is InChI=1S/C20H29BrN2O3/c1-12-14(17(18(24)25)26-19(3,4)5)16(15(21)13(2)22-12)23-10-8-20(6-7-20)9-11-23/h17H,6-11H2,1-5H3,(H,24,25). The van der Waals surface area contributed by atoms with E-state index in [4.69, 9.17) is 4.74 Å². The van der Waals surface area contributed by atoms with Crippen LogP contribution in [0.5, 0.6) is 0 Å². The number of rotatable bonds is 4. The van der Waals surface area contributed by atoms with Gasteiger partial charge in [0.2, 0.25) is 0 Å². The summed E-state index contributed by atoms with van der Waals surface area (Å²) in [6.45, 7) is 11.4. The highest BCUT2D eigenvalue weighted by Gasteiger charge is 2.45.